The maximum absolute atomic E-state index is 12.5. The largest absolute Gasteiger partial charge is 0.455 e. The highest BCUT2D eigenvalue weighted by Gasteiger charge is 2.14. The molecule has 2 N–H and O–H groups in total. The van der Waals surface area contributed by atoms with E-state index in [-0.39, 0.29) is 17.0 Å². The lowest BCUT2D eigenvalue weighted by Gasteiger charge is -2.12. The molecule has 0 saturated heterocycles. The lowest BCUT2D eigenvalue weighted by atomic mass is 10.0. The normalized spacial score (nSPS) is 12.5. The first-order chi connectivity index (χ1) is 10.9. The Morgan fingerprint density at radius 2 is 1.91 bits per heavy atom. The quantitative estimate of drug-likeness (QED) is 0.789. The fraction of sp³-hybridized carbons (Fsp3) is 0.222. The zero-order valence-electron chi connectivity index (χ0n) is 13.3. The van der Waals surface area contributed by atoms with Crippen LogP contribution in [0.4, 0.5) is 0 Å². The van der Waals surface area contributed by atoms with Crippen LogP contribution in [0.3, 0.4) is 0 Å². The van der Waals surface area contributed by atoms with Gasteiger partial charge in [0.1, 0.15) is 11.3 Å². The second-order valence-electron chi connectivity index (χ2n) is 5.86. The Bertz CT molecular complexity index is 1010. The molecule has 3 rings (SSSR count). The first kappa shape index (κ1) is 15.2. The Kier molecular flexibility index (Phi) is 3.66. The fourth-order valence-corrected chi connectivity index (χ4v) is 2.65. The van der Waals surface area contributed by atoms with Crippen LogP contribution in [0.15, 0.2) is 50.5 Å². The van der Waals surface area contributed by atoms with Crippen LogP contribution in [-0.4, -0.2) is 4.57 Å². The minimum atomic E-state index is -0.254. The molecule has 0 aliphatic heterocycles. The number of aromatic nitrogens is 1. The van der Waals surface area contributed by atoms with E-state index in [4.69, 9.17) is 10.2 Å². The number of nitrogens with two attached hydrogens (primary N) is 1. The van der Waals surface area contributed by atoms with Gasteiger partial charge in [-0.15, -0.1) is 0 Å². The van der Waals surface area contributed by atoms with Crippen LogP contribution in [0.2, 0.25) is 0 Å². The summed E-state index contributed by atoms with van der Waals surface area (Å²) in [5.74, 6) is 0.420. The maximum atomic E-state index is 12.5. The molecule has 1 atom stereocenters. The third kappa shape index (κ3) is 2.71. The van der Waals surface area contributed by atoms with E-state index < -0.39 is 0 Å². The molecule has 23 heavy (non-hydrogen) atoms. The standard InChI is InChI=1S/C18H18N2O3/c1-10-6-13(11(2)19)18-14(7-10)15(21)8-16(23-18)12-4-5-17(22)20(3)9-12/h4-9,11H,19H2,1-3H3/t11-/m1/s1. The molecule has 1 aromatic carbocycles. The second kappa shape index (κ2) is 5.52. The van der Waals surface area contributed by atoms with E-state index in [1.54, 1.807) is 25.4 Å². The summed E-state index contributed by atoms with van der Waals surface area (Å²) >= 11 is 0. The Morgan fingerprint density at radius 3 is 2.57 bits per heavy atom. The van der Waals surface area contributed by atoms with Crippen molar-refractivity contribution >= 4 is 11.0 Å². The van der Waals surface area contributed by atoms with Gasteiger partial charge in [-0.3, -0.25) is 9.59 Å². The summed E-state index contributed by atoms with van der Waals surface area (Å²) in [5, 5.41) is 0.519. The van der Waals surface area contributed by atoms with Gasteiger partial charge in [0.15, 0.2) is 5.43 Å². The molecule has 0 unspecified atom stereocenters. The van der Waals surface area contributed by atoms with Gasteiger partial charge < -0.3 is 14.7 Å². The first-order valence-electron chi connectivity index (χ1n) is 7.38. The minimum Gasteiger partial charge on any atom is -0.455 e. The molecule has 3 aromatic rings. The van der Waals surface area contributed by atoms with Gasteiger partial charge in [0.25, 0.3) is 0 Å². The highest BCUT2D eigenvalue weighted by Crippen LogP contribution is 2.27. The van der Waals surface area contributed by atoms with Crippen molar-refractivity contribution in [2.24, 2.45) is 12.8 Å². The van der Waals surface area contributed by atoms with Crippen LogP contribution in [-0.2, 0) is 7.05 Å². The summed E-state index contributed by atoms with van der Waals surface area (Å²) in [6, 6.07) is 8.02. The predicted octanol–water partition coefficient (Wildman–Crippen LogP) is 2.49. The van der Waals surface area contributed by atoms with Crippen molar-refractivity contribution in [2.75, 3.05) is 0 Å². The second-order valence-corrected chi connectivity index (χ2v) is 5.86. The van der Waals surface area contributed by atoms with E-state index in [1.165, 1.54) is 16.7 Å². The van der Waals surface area contributed by atoms with Crippen molar-refractivity contribution in [1.29, 1.82) is 0 Å². The fourth-order valence-electron chi connectivity index (χ4n) is 2.65. The van der Waals surface area contributed by atoms with Crippen molar-refractivity contribution < 1.29 is 4.42 Å². The number of fused-ring (bicyclic) bond motifs is 1. The van der Waals surface area contributed by atoms with E-state index in [0.717, 1.165) is 11.1 Å². The topological polar surface area (TPSA) is 78.2 Å². The Hall–Kier alpha value is -2.66. The SMILES string of the molecule is Cc1cc([C@@H](C)N)c2oc(-c3ccc(=O)n(C)c3)cc(=O)c2c1. The van der Waals surface area contributed by atoms with E-state index in [2.05, 4.69) is 0 Å². The molecule has 5 heteroatoms. The molecule has 0 aliphatic rings. The van der Waals surface area contributed by atoms with Gasteiger partial charge in [-0.2, -0.15) is 0 Å². The van der Waals surface area contributed by atoms with Gasteiger partial charge in [-0.25, -0.2) is 0 Å². The molecule has 118 valence electrons. The van der Waals surface area contributed by atoms with Gasteiger partial charge in [-0.05, 0) is 31.5 Å². The minimum absolute atomic E-state index is 0.121. The van der Waals surface area contributed by atoms with Crippen LogP contribution in [0.1, 0.15) is 24.1 Å². The smallest absolute Gasteiger partial charge is 0.250 e. The average molecular weight is 310 g/mol. The summed E-state index contributed by atoms with van der Waals surface area (Å²) in [5.41, 5.74) is 8.71. The number of rotatable bonds is 2. The van der Waals surface area contributed by atoms with Gasteiger partial charge in [0, 0.05) is 42.5 Å². The first-order valence-corrected chi connectivity index (χ1v) is 7.38. The van der Waals surface area contributed by atoms with Crippen molar-refractivity contribution in [2.45, 2.75) is 19.9 Å². The van der Waals surface area contributed by atoms with Crippen molar-refractivity contribution in [3.8, 4) is 11.3 Å². The Balaban J connectivity index is 2.34. The number of nitrogens with zero attached hydrogens (tertiary/aromatic N) is 1. The Morgan fingerprint density at radius 1 is 1.17 bits per heavy atom. The zero-order valence-corrected chi connectivity index (χ0v) is 13.3. The van der Waals surface area contributed by atoms with Gasteiger partial charge in [-0.1, -0.05) is 6.07 Å². The molecule has 0 aliphatic carbocycles. The lowest BCUT2D eigenvalue weighted by Crippen LogP contribution is -2.14. The highest BCUT2D eigenvalue weighted by molar-refractivity contribution is 5.82. The molecule has 0 bridgehead atoms. The molecule has 0 spiro atoms. The number of aryl methyl sites for hydroxylation is 2. The third-order valence-electron chi connectivity index (χ3n) is 3.86. The molecule has 5 nitrogen and oxygen atoms in total. The Labute approximate surface area is 133 Å². The van der Waals surface area contributed by atoms with E-state index >= 15 is 0 Å². The molecule has 2 aromatic heterocycles. The molecule has 2 heterocycles. The zero-order chi connectivity index (χ0) is 16.7. The summed E-state index contributed by atoms with van der Waals surface area (Å²) in [6.45, 7) is 3.78. The van der Waals surface area contributed by atoms with Gasteiger partial charge in [0.05, 0.1) is 5.39 Å². The summed E-state index contributed by atoms with van der Waals surface area (Å²) < 4.78 is 7.42. The van der Waals surface area contributed by atoms with Crippen LogP contribution >= 0.6 is 0 Å². The summed E-state index contributed by atoms with van der Waals surface area (Å²) in [4.78, 5) is 24.0. The third-order valence-corrected chi connectivity index (χ3v) is 3.86. The number of benzene rings is 1. The van der Waals surface area contributed by atoms with E-state index in [0.29, 0.717) is 22.3 Å². The van der Waals surface area contributed by atoms with Crippen LogP contribution in [0.5, 0.6) is 0 Å². The summed E-state index contributed by atoms with van der Waals surface area (Å²) in [6.07, 6.45) is 1.65. The molecule has 0 fully saturated rings. The number of pyridine rings is 1. The molecular weight excluding hydrogens is 292 g/mol. The van der Waals surface area contributed by atoms with Crippen molar-refractivity contribution in [3.05, 3.63) is 68.2 Å². The number of hydrogen-bond donors (Lipinski definition) is 1. The van der Waals surface area contributed by atoms with Crippen LogP contribution in [0, 0.1) is 6.92 Å². The molecule has 0 radical (unpaired) electrons. The van der Waals surface area contributed by atoms with E-state index in [9.17, 15) is 9.59 Å². The summed E-state index contributed by atoms with van der Waals surface area (Å²) in [7, 11) is 1.65. The molecule has 0 saturated carbocycles. The van der Waals surface area contributed by atoms with E-state index in [1.807, 2.05) is 19.9 Å². The highest BCUT2D eigenvalue weighted by atomic mass is 16.3. The van der Waals surface area contributed by atoms with Gasteiger partial charge in [0.2, 0.25) is 5.56 Å². The average Bonchev–Trinajstić information content (AvgIpc) is 2.49. The predicted molar refractivity (Wildman–Crippen MR) is 90.5 cm³/mol. The van der Waals surface area contributed by atoms with Crippen LogP contribution in [0.25, 0.3) is 22.3 Å². The molecular formula is C18H18N2O3. The van der Waals surface area contributed by atoms with Crippen LogP contribution < -0.4 is 16.7 Å². The van der Waals surface area contributed by atoms with Crippen molar-refractivity contribution in [1.82, 2.24) is 4.57 Å². The number of hydrogen-bond acceptors (Lipinski definition) is 4. The molecule has 0 amide bonds. The lowest BCUT2D eigenvalue weighted by molar-refractivity contribution is 0.606. The monoisotopic (exact) mass is 310 g/mol. The van der Waals surface area contributed by atoms with Gasteiger partial charge >= 0.3 is 0 Å². The van der Waals surface area contributed by atoms with Crippen molar-refractivity contribution in [3.63, 3.8) is 0 Å². The maximum Gasteiger partial charge on any atom is 0.250 e.